The molecule has 3 aliphatic carbocycles. The number of nitrogens with one attached hydrogen (secondary N) is 1. The van der Waals surface area contributed by atoms with Crippen LogP contribution in [0.15, 0.2) is 12.2 Å². The van der Waals surface area contributed by atoms with Crippen molar-refractivity contribution < 1.29 is 18.6 Å². The summed E-state index contributed by atoms with van der Waals surface area (Å²) in [5.74, 6) is 1.09. The summed E-state index contributed by atoms with van der Waals surface area (Å²) in [6.07, 6.45) is 7.43. The van der Waals surface area contributed by atoms with E-state index < -0.39 is 10.0 Å². The maximum atomic E-state index is 11.8. The van der Waals surface area contributed by atoms with Gasteiger partial charge in [-0.2, -0.15) is 0 Å². The van der Waals surface area contributed by atoms with Gasteiger partial charge in [0.15, 0.2) is 0 Å². The summed E-state index contributed by atoms with van der Waals surface area (Å²) in [5.41, 5.74) is 1.35. The molecular weight excluding hydrogens is 362 g/mol. The third-order valence-electron chi connectivity index (χ3n) is 8.55. The zero-order valence-electron chi connectivity index (χ0n) is 17.1. The minimum absolute atomic E-state index is 0.0664. The minimum Gasteiger partial charge on any atom is -0.396 e. The summed E-state index contributed by atoms with van der Waals surface area (Å²) in [4.78, 5) is 0. The van der Waals surface area contributed by atoms with Crippen LogP contribution in [0.2, 0.25) is 0 Å². The molecule has 0 saturated heterocycles. The highest BCUT2D eigenvalue weighted by atomic mass is 32.2. The number of sulfonamides is 1. The third kappa shape index (κ3) is 3.87. The number of hydrogen-bond acceptors (Lipinski definition) is 4. The Morgan fingerprint density at radius 2 is 1.89 bits per heavy atom. The summed E-state index contributed by atoms with van der Waals surface area (Å²) >= 11 is 0. The maximum absolute atomic E-state index is 11.8. The van der Waals surface area contributed by atoms with Gasteiger partial charge in [-0.05, 0) is 79.4 Å². The van der Waals surface area contributed by atoms with Gasteiger partial charge in [0.25, 0.3) is 0 Å². The van der Waals surface area contributed by atoms with Gasteiger partial charge in [0.1, 0.15) is 0 Å². The van der Waals surface area contributed by atoms with Crippen LogP contribution in [0.1, 0.15) is 58.8 Å². The fraction of sp³-hybridized carbons (Fsp3) is 0.905. The first kappa shape index (κ1) is 21.3. The molecule has 0 radical (unpaired) electrons. The van der Waals surface area contributed by atoms with E-state index in [0.29, 0.717) is 24.8 Å². The van der Waals surface area contributed by atoms with E-state index in [1.165, 1.54) is 11.8 Å². The van der Waals surface area contributed by atoms with Gasteiger partial charge in [-0.3, -0.25) is 0 Å². The van der Waals surface area contributed by atoms with Gasteiger partial charge in [0.2, 0.25) is 10.0 Å². The predicted molar refractivity (Wildman–Crippen MR) is 108 cm³/mol. The molecular formula is C21H37NO4S. The molecule has 0 heterocycles. The number of allylic oxidation sites excluding steroid dienone is 1. The van der Waals surface area contributed by atoms with Crippen molar-refractivity contribution in [2.45, 2.75) is 64.9 Å². The highest BCUT2D eigenvalue weighted by Crippen LogP contribution is 2.63. The Morgan fingerprint density at radius 3 is 2.52 bits per heavy atom. The lowest BCUT2D eigenvalue weighted by Gasteiger charge is -2.56. The van der Waals surface area contributed by atoms with E-state index in [4.69, 9.17) is 0 Å². The van der Waals surface area contributed by atoms with Gasteiger partial charge in [-0.25, -0.2) is 13.1 Å². The summed E-state index contributed by atoms with van der Waals surface area (Å²) in [6, 6.07) is 0. The average Bonchev–Trinajstić information content (AvgIpc) is 2.89. The first-order valence-electron chi connectivity index (χ1n) is 10.4. The first-order valence-corrected chi connectivity index (χ1v) is 12.3. The van der Waals surface area contributed by atoms with Crippen molar-refractivity contribution in [2.24, 2.45) is 34.5 Å². The summed E-state index contributed by atoms with van der Waals surface area (Å²) < 4.78 is 26.5. The highest BCUT2D eigenvalue weighted by Gasteiger charge is 2.56. The van der Waals surface area contributed by atoms with Crippen LogP contribution in [0.4, 0.5) is 0 Å². The molecule has 3 aliphatic rings. The quantitative estimate of drug-likeness (QED) is 0.621. The molecule has 3 saturated carbocycles. The fourth-order valence-electron chi connectivity index (χ4n) is 6.71. The second-order valence-electron chi connectivity index (χ2n) is 9.91. The van der Waals surface area contributed by atoms with Gasteiger partial charge in [-0.15, -0.1) is 0 Å². The number of fused-ring (bicyclic) bond motifs is 1. The minimum atomic E-state index is -3.25. The fourth-order valence-corrected chi connectivity index (χ4v) is 7.21. The van der Waals surface area contributed by atoms with Crippen molar-refractivity contribution in [2.75, 3.05) is 19.4 Å². The molecule has 0 aromatic rings. The third-order valence-corrected chi connectivity index (χ3v) is 9.24. The smallest absolute Gasteiger partial charge is 0.208 e. The van der Waals surface area contributed by atoms with Crippen molar-refractivity contribution in [3.63, 3.8) is 0 Å². The van der Waals surface area contributed by atoms with E-state index in [9.17, 15) is 18.6 Å². The molecule has 3 rings (SSSR count). The predicted octanol–water partition coefficient (Wildman–Crippen LogP) is 2.69. The second kappa shape index (κ2) is 7.43. The summed E-state index contributed by atoms with van der Waals surface area (Å²) in [7, 11) is -3.25. The van der Waals surface area contributed by atoms with E-state index >= 15 is 0 Å². The molecule has 0 amide bonds. The SMILES string of the molecule is C=C1CCC2[C@@H](CNS(C)(=O)=O)C([C@@]3(C)CC[C@H](O)C[C@@H]3CO)CC[C@@]12C. The van der Waals surface area contributed by atoms with Crippen LogP contribution < -0.4 is 4.72 Å². The number of rotatable bonds is 5. The Bertz CT molecular complexity index is 678. The molecule has 0 aromatic heterocycles. The zero-order chi connectivity index (χ0) is 20.0. The zero-order valence-corrected chi connectivity index (χ0v) is 17.9. The Labute approximate surface area is 164 Å². The van der Waals surface area contributed by atoms with Gasteiger partial charge < -0.3 is 10.2 Å². The normalized spacial score (nSPS) is 45.7. The summed E-state index contributed by atoms with van der Waals surface area (Å²) in [6.45, 7) is 9.47. The molecule has 3 fully saturated rings. The van der Waals surface area contributed by atoms with Crippen molar-refractivity contribution in [1.82, 2.24) is 4.72 Å². The first-order chi connectivity index (χ1) is 12.5. The molecule has 156 valence electrons. The standard InChI is InChI=1S/C21H37NO4S/c1-14-5-6-18-17(12-22-27(4,25)26)19(8-10-20(14,18)2)21(3)9-7-16(24)11-15(21)13-23/h15-19,22-24H,1,5-13H2,2-4H3/t15-,16+,17-,18?,19?,20+,21+/m1/s1. The maximum Gasteiger partial charge on any atom is 0.208 e. The van der Waals surface area contributed by atoms with Gasteiger partial charge >= 0.3 is 0 Å². The lowest BCUT2D eigenvalue weighted by Crippen LogP contribution is -2.53. The molecule has 2 unspecified atom stereocenters. The topological polar surface area (TPSA) is 86.6 Å². The van der Waals surface area contributed by atoms with Gasteiger partial charge in [0, 0.05) is 13.2 Å². The van der Waals surface area contributed by atoms with E-state index in [1.807, 2.05) is 0 Å². The molecule has 5 nitrogen and oxygen atoms in total. The van der Waals surface area contributed by atoms with E-state index in [1.54, 1.807) is 0 Å². The molecule has 3 N–H and O–H groups in total. The molecule has 0 bridgehead atoms. The van der Waals surface area contributed by atoms with Crippen molar-refractivity contribution >= 4 is 10.0 Å². The van der Waals surface area contributed by atoms with Gasteiger partial charge in [0.05, 0.1) is 12.4 Å². The van der Waals surface area contributed by atoms with Crippen LogP contribution in [-0.2, 0) is 10.0 Å². The molecule has 6 heteroatoms. The van der Waals surface area contributed by atoms with Crippen LogP contribution in [0.5, 0.6) is 0 Å². The van der Waals surface area contributed by atoms with Crippen LogP contribution in [0.3, 0.4) is 0 Å². The molecule has 27 heavy (non-hydrogen) atoms. The summed E-state index contributed by atoms with van der Waals surface area (Å²) in [5, 5.41) is 20.2. The average molecular weight is 400 g/mol. The lowest BCUT2D eigenvalue weighted by atomic mass is 9.49. The Balaban J connectivity index is 1.93. The Kier molecular flexibility index (Phi) is 5.86. The van der Waals surface area contributed by atoms with Crippen molar-refractivity contribution in [1.29, 1.82) is 0 Å². The monoisotopic (exact) mass is 399 g/mol. The van der Waals surface area contributed by atoms with E-state index in [2.05, 4.69) is 25.1 Å². The van der Waals surface area contributed by atoms with Crippen LogP contribution >= 0.6 is 0 Å². The largest absolute Gasteiger partial charge is 0.396 e. The van der Waals surface area contributed by atoms with E-state index in [0.717, 1.165) is 38.5 Å². The van der Waals surface area contributed by atoms with Crippen LogP contribution in [-0.4, -0.2) is 44.1 Å². The van der Waals surface area contributed by atoms with Crippen LogP contribution in [0, 0.1) is 34.5 Å². The highest BCUT2D eigenvalue weighted by molar-refractivity contribution is 7.88. The Hall–Kier alpha value is -0.430. The van der Waals surface area contributed by atoms with Gasteiger partial charge in [-0.1, -0.05) is 26.0 Å². The molecule has 7 atom stereocenters. The lowest BCUT2D eigenvalue weighted by molar-refractivity contribution is -0.0923. The number of hydrogen-bond donors (Lipinski definition) is 3. The van der Waals surface area contributed by atoms with Crippen molar-refractivity contribution in [3.8, 4) is 0 Å². The molecule has 0 aliphatic heterocycles. The number of aliphatic hydroxyl groups excluding tert-OH is 2. The Morgan fingerprint density at radius 1 is 1.19 bits per heavy atom. The molecule has 0 spiro atoms. The van der Waals surface area contributed by atoms with E-state index in [-0.39, 0.29) is 35.4 Å². The van der Waals surface area contributed by atoms with Crippen molar-refractivity contribution in [3.05, 3.63) is 12.2 Å². The van der Waals surface area contributed by atoms with Crippen LogP contribution in [0.25, 0.3) is 0 Å². The molecule has 0 aromatic carbocycles. The second-order valence-corrected chi connectivity index (χ2v) is 11.7. The number of aliphatic hydroxyl groups is 2.